The molecule has 3 rings (SSSR count). The number of hydrogen-bond donors (Lipinski definition) is 2. The van der Waals surface area contributed by atoms with Crippen LogP contribution in [0.1, 0.15) is 21.5 Å². The second-order valence-electron chi connectivity index (χ2n) is 5.69. The molecule has 24 heavy (non-hydrogen) atoms. The minimum absolute atomic E-state index is 0.204. The highest BCUT2D eigenvalue weighted by molar-refractivity contribution is 5.96. The van der Waals surface area contributed by atoms with Crippen molar-refractivity contribution < 1.29 is 9.59 Å². The summed E-state index contributed by atoms with van der Waals surface area (Å²) in [4.78, 5) is 24.2. The lowest BCUT2D eigenvalue weighted by Gasteiger charge is -2.09. The largest absolute Gasteiger partial charge is 0.273 e. The summed E-state index contributed by atoms with van der Waals surface area (Å²) in [6.45, 7) is 1.91. The Morgan fingerprint density at radius 3 is 2.46 bits per heavy atom. The van der Waals surface area contributed by atoms with Gasteiger partial charge in [0.05, 0.1) is 6.42 Å². The smallest absolute Gasteiger partial charge is 0.269 e. The monoisotopic (exact) mass is 318 g/mol. The fourth-order valence-corrected chi connectivity index (χ4v) is 2.65. The Kier molecular flexibility index (Phi) is 4.57. The highest BCUT2D eigenvalue weighted by atomic mass is 16.2. The van der Waals surface area contributed by atoms with Crippen LogP contribution in [-0.4, -0.2) is 11.8 Å². The van der Waals surface area contributed by atoms with E-state index in [4.69, 9.17) is 0 Å². The average molecular weight is 318 g/mol. The number of benzene rings is 3. The van der Waals surface area contributed by atoms with Crippen molar-refractivity contribution in [2.45, 2.75) is 13.3 Å². The Bertz CT molecular complexity index is 898. The number of hydrazine groups is 1. The Hall–Kier alpha value is -3.14. The molecule has 0 saturated heterocycles. The zero-order chi connectivity index (χ0) is 16.9. The number of carbonyl (C=O) groups is 2. The topological polar surface area (TPSA) is 58.2 Å². The molecule has 3 aromatic carbocycles. The van der Waals surface area contributed by atoms with E-state index in [1.807, 2.05) is 61.5 Å². The molecule has 0 heterocycles. The summed E-state index contributed by atoms with van der Waals surface area (Å²) in [6, 6.07) is 21.0. The van der Waals surface area contributed by atoms with Crippen molar-refractivity contribution in [3.63, 3.8) is 0 Å². The average Bonchev–Trinajstić information content (AvgIpc) is 2.60. The SMILES string of the molecule is Cc1cccc(C(=O)NNC(=O)Cc2cccc3ccccc23)c1. The fourth-order valence-electron chi connectivity index (χ4n) is 2.65. The van der Waals surface area contributed by atoms with Crippen LogP contribution in [-0.2, 0) is 11.2 Å². The van der Waals surface area contributed by atoms with Crippen LogP contribution in [0.15, 0.2) is 66.7 Å². The number of amides is 2. The lowest BCUT2D eigenvalue weighted by Crippen LogP contribution is -2.42. The van der Waals surface area contributed by atoms with Gasteiger partial charge in [-0.05, 0) is 35.4 Å². The van der Waals surface area contributed by atoms with E-state index in [0.29, 0.717) is 5.56 Å². The molecule has 2 N–H and O–H groups in total. The van der Waals surface area contributed by atoms with E-state index in [0.717, 1.165) is 21.9 Å². The fraction of sp³-hybridized carbons (Fsp3) is 0.100. The van der Waals surface area contributed by atoms with E-state index in [1.165, 1.54) is 0 Å². The molecular weight excluding hydrogens is 300 g/mol. The van der Waals surface area contributed by atoms with Crippen molar-refractivity contribution in [2.24, 2.45) is 0 Å². The van der Waals surface area contributed by atoms with E-state index in [9.17, 15) is 9.59 Å². The van der Waals surface area contributed by atoms with E-state index in [2.05, 4.69) is 10.9 Å². The first-order chi connectivity index (χ1) is 11.6. The lowest BCUT2D eigenvalue weighted by molar-refractivity contribution is -0.121. The normalized spacial score (nSPS) is 10.4. The maximum absolute atomic E-state index is 12.1. The third-order valence-corrected chi connectivity index (χ3v) is 3.83. The summed E-state index contributed by atoms with van der Waals surface area (Å²) < 4.78 is 0. The minimum atomic E-state index is -0.329. The summed E-state index contributed by atoms with van der Waals surface area (Å²) in [7, 11) is 0. The lowest BCUT2D eigenvalue weighted by atomic mass is 10.0. The van der Waals surface area contributed by atoms with Crippen LogP contribution in [0.3, 0.4) is 0 Å². The number of hydrogen-bond acceptors (Lipinski definition) is 2. The van der Waals surface area contributed by atoms with Crippen molar-refractivity contribution in [2.75, 3.05) is 0 Å². The van der Waals surface area contributed by atoms with E-state index < -0.39 is 0 Å². The van der Waals surface area contributed by atoms with Crippen molar-refractivity contribution in [3.8, 4) is 0 Å². The predicted molar refractivity (Wildman–Crippen MR) is 94.4 cm³/mol. The van der Waals surface area contributed by atoms with Crippen LogP contribution in [0, 0.1) is 6.92 Å². The highest BCUT2D eigenvalue weighted by Crippen LogP contribution is 2.18. The molecule has 0 atom stereocenters. The van der Waals surface area contributed by atoms with Crippen LogP contribution in [0.4, 0.5) is 0 Å². The molecule has 0 aromatic heterocycles. The molecule has 120 valence electrons. The van der Waals surface area contributed by atoms with Crippen molar-refractivity contribution in [1.29, 1.82) is 0 Å². The van der Waals surface area contributed by atoms with Crippen LogP contribution in [0.5, 0.6) is 0 Å². The highest BCUT2D eigenvalue weighted by Gasteiger charge is 2.09. The maximum atomic E-state index is 12.1. The second-order valence-corrected chi connectivity index (χ2v) is 5.69. The standard InChI is InChI=1S/C20H18N2O2/c1-14-6-4-10-17(12-14)20(24)22-21-19(23)13-16-9-5-8-15-7-2-3-11-18(15)16/h2-12H,13H2,1H3,(H,21,23)(H,22,24). The molecule has 0 radical (unpaired) electrons. The summed E-state index contributed by atoms with van der Waals surface area (Å²) in [5.74, 6) is -0.586. The molecule has 0 aliphatic heterocycles. The van der Waals surface area contributed by atoms with Gasteiger partial charge in [0.2, 0.25) is 5.91 Å². The maximum Gasteiger partial charge on any atom is 0.269 e. The van der Waals surface area contributed by atoms with Crippen LogP contribution >= 0.6 is 0 Å². The molecule has 4 nitrogen and oxygen atoms in total. The zero-order valence-corrected chi connectivity index (χ0v) is 13.4. The van der Waals surface area contributed by atoms with E-state index >= 15 is 0 Å². The molecule has 0 fully saturated rings. The van der Waals surface area contributed by atoms with Crippen molar-refractivity contribution in [1.82, 2.24) is 10.9 Å². The summed E-state index contributed by atoms with van der Waals surface area (Å²) >= 11 is 0. The van der Waals surface area contributed by atoms with E-state index in [-0.39, 0.29) is 18.2 Å². The summed E-state index contributed by atoms with van der Waals surface area (Å²) in [6.07, 6.45) is 0.204. The van der Waals surface area contributed by atoms with Crippen LogP contribution < -0.4 is 10.9 Å². The van der Waals surface area contributed by atoms with Crippen LogP contribution in [0.25, 0.3) is 10.8 Å². The Morgan fingerprint density at radius 1 is 0.875 bits per heavy atom. The van der Waals surface area contributed by atoms with Crippen LogP contribution in [0.2, 0.25) is 0 Å². The number of rotatable bonds is 3. The van der Waals surface area contributed by atoms with Gasteiger partial charge in [-0.25, -0.2) is 0 Å². The van der Waals surface area contributed by atoms with Gasteiger partial charge in [-0.2, -0.15) is 0 Å². The van der Waals surface area contributed by atoms with Gasteiger partial charge in [-0.3, -0.25) is 20.4 Å². The number of aryl methyl sites for hydroxylation is 1. The Labute approximate surface area is 140 Å². The molecule has 0 aliphatic rings. The van der Waals surface area contributed by atoms with Gasteiger partial charge in [0.15, 0.2) is 0 Å². The first-order valence-corrected chi connectivity index (χ1v) is 7.76. The molecule has 0 aliphatic carbocycles. The van der Waals surface area contributed by atoms with Gasteiger partial charge in [0.1, 0.15) is 0 Å². The molecule has 0 saturated carbocycles. The van der Waals surface area contributed by atoms with Gasteiger partial charge in [-0.1, -0.05) is 60.2 Å². The van der Waals surface area contributed by atoms with Gasteiger partial charge >= 0.3 is 0 Å². The molecule has 0 spiro atoms. The Morgan fingerprint density at radius 2 is 1.62 bits per heavy atom. The quantitative estimate of drug-likeness (QED) is 0.729. The molecule has 0 unspecified atom stereocenters. The zero-order valence-electron chi connectivity index (χ0n) is 13.4. The summed E-state index contributed by atoms with van der Waals surface area (Å²) in [5, 5.41) is 2.13. The third-order valence-electron chi connectivity index (χ3n) is 3.83. The van der Waals surface area contributed by atoms with E-state index in [1.54, 1.807) is 12.1 Å². The Balaban J connectivity index is 1.64. The third kappa shape index (κ3) is 3.60. The van der Waals surface area contributed by atoms with Gasteiger partial charge in [-0.15, -0.1) is 0 Å². The molecule has 3 aromatic rings. The molecule has 2 amide bonds. The number of fused-ring (bicyclic) bond motifs is 1. The molecule has 4 heteroatoms. The number of nitrogens with one attached hydrogen (secondary N) is 2. The second kappa shape index (κ2) is 6.96. The van der Waals surface area contributed by atoms with Gasteiger partial charge in [0.25, 0.3) is 5.91 Å². The molecule has 0 bridgehead atoms. The van der Waals surface area contributed by atoms with Crippen molar-refractivity contribution in [3.05, 3.63) is 83.4 Å². The van der Waals surface area contributed by atoms with Gasteiger partial charge < -0.3 is 0 Å². The van der Waals surface area contributed by atoms with Crippen molar-refractivity contribution >= 4 is 22.6 Å². The predicted octanol–water partition coefficient (Wildman–Crippen LogP) is 3.15. The minimum Gasteiger partial charge on any atom is -0.273 e. The first-order valence-electron chi connectivity index (χ1n) is 7.76. The molecular formula is C20H18N2O2. The summed E-state index contributed by atoms with van der Waals surface area (Å²) in [5.41, 5.74) is 7.36. The number of carbonyl (C=O) groups excluding carboxylic acids is 2. The first kappa shape index (κ1) is 15.7. The van der Waals surface area contributed by atoms with Gasteiger partial charge in [0, 0.05) is 5.56 Å².